The maximum Gasteiger partial charge on any atom is 0.257 e. The van der Waals surface area contributed by atoms with Crippen LogP contribution < -0.4 is 0 Å². The zero-order valence-corrected chi connectivity index (χ0v) is 17.4. The van der Waals surface area contributed by atoms with E-state index in [0.29, 0.717) is 43.0 Å². The minimum Gasteiger partial charge on any atom is -0.336 e. The molecule has 0 radical (unpaired) electrons. The highest BCUT2D eigenvalue weighted by atomic mass is 32.2. The lowest BCUT2D eigenvalue weighted by Crippen LogP contribution is -2.50. The van der Waals surface area contributed by atoms with Gasteiger partial charge >= 0.3 is 0 Å². The third-order valence-electron chi connectivity index (χ3n) is 5.28. The van der Waals surface area contributed by atoms with Gasteiger partial charge in [0.05, 0.1) is 17.0 Å². The maximum atomic E-state index is 12.9. The third kappa shape index (κ3) is 4.12. The molecule has 0 spiro atoms. The molecule has 9 heteroatoms. The molecule has 1 saturated heterocycles. The van der Waals surface area contributed by atoms with E-state index >= 15 is 0 Å². The molecule has 8 nitrogen and oxygen atoms in total. The number of hydrogen-bond donors (Lipinski definition) is 0. The van der Waals surface area contributed by atoms with Crippen LogP contribution in [0.15, 0.2) is 59.9 Å². The van der Waals surface area contributed by atoms with Crippen LogP contribution in [0.3, 0.4) is 0 Å². The molecule has 1 aliphatic heterocycles. The predicted octanol–water partition coefficient (Wildman–Crippen LogP) is 1.38. The quantitative estimate of drug-likeness (QED) is 0.573. The zero-order valence-electron chi connectivity index (χ0n) is 16.6. The van der Waals surface area contributed by atoms with Crippen LogP contribution in [-0.2, 0) is 9.84 Å². The second-order valence-corrected chi connectivity index (χ2v) is 9.38. The van der Waals surface area contributed by atoms with Gasteiger partial charge in [-0.15, -0.1) is 0 Å². The van der Waals surface area contributed by atoms with Gasteiger partial charge in [0.15, 0.2) is 15.6 Å². The summed E-state index contributed by atoms with van der Waals surface area (Å²) in [4.78, 5) is 33.7. The van der Waals surface area contributed by atoms with Gasteiger partial charge in [-0.25, -0.2) is 13.4 Å². The van der Waals surface area contributed by atoms with Crippen LogP contribution in [-0.4, -0.2) is 78.3 Å². The monoisotopic (exact) mass is 426 g/mol. The van der Waals surface area contributed by atoms with E-state index in [2.05, 4.69) is 4.98 Å². The van der Waals surface area contributed by atoms with E-state index in [1.165, 1.54) is 12.1 Å². The smallest absolute Gasteiger partial charge is 0.257 e. The lowest BCUT2D eigenvalue weighted by molar-refractivity contribution is 0.0625. The van der Waals surface area contributed by atoms with Crippen LogP contribution in [0, 0.1) is 0 Å². The molecule has 156 valence electrons. The van der Waals surface area contributed by atoms with Crippen molar-refractivity contribution in [3.05, 3.63) is 66.1 Å². The van der Waals surface area contributed by atoms with Crippen LogP contribution in [0.5, 0.6) is 0 Å². The summed E-state index contributed by atoms with van der Waals surface area (Å²) >= 11 is 0. The van der Waals surface area contributed by atoms with Gasteiger partial charge in [0, 0.05) is 56.6 Å². The summed E-state index contributed by atoms with van der Waals surface area (Å²) in [5.41, 5.74) is 1.68. The number of rotatable bonds is 5. The molecule has 1 amide bonds. The molecule has 0 saturated carbocycles. The van der Waals surface area contributed by atoms with E-state index in [1.807, 2.05) is 21.6 Å². The number of nitrogens with zero attached hydrogens (tertiary/aromatic N) is 4. The van der Waals surface area contributed by atoms with Crippen LogP contribution in [0.4, 0.5) is 0 Å². The SMILES string of the molecule is CS(=O)(=O)c1ccc(C(=O)CN2CCN(C(=O)c3cccn4ccnc34)CC2)cc1. The van der Waals surface area contributed by atoms with Crippen LogP contribution >= 0.6 is 0 Å². The van der Waals surface area contributed by atoms with Crippen LogP contribution in [0.25, 0.3) is 5.65 Å². The van der Waals surface area contributed by atoms with Gasteiger partial charge < -0.3 is 9.30 Å². The first kappa shape index (κ1) is 20.2. The minimum atomic E-state index is -3.28. The van der Waals surface area contributed by atoms with Crippen molar-refractivity contribution >= 4 is 27.2 Å². The number of amides is 1. The minimum absolute atomic E-state index is 0.0610. The molecule has 0 bridgehead atoms. The first-order valence-corrected chi connectivity index (χ1v) is 11.5. The van der Waals surface area contributed by atoms with Crippen molar-refractivity contribution in [3.8, 4) is 0 Å². The molecule has 3 aromatic rings. The average Bonchev–Trinajstić information content (AvgIpc) is 3.22. The van der Waals surface area contributed by atoms with E-state index in [1.54, 1.807) is 35.5 Å². The Morgan fingerprint density at radius 3 is 2.37 bits per heavy atom. The molecule has 1 fully saturated rings. The number of Topliss-reactive ketones (excluding diaryl/α,β-unsaturated/α-hetero) is 1. The lowest BCUT2D eigenvalue weighted by Gasteiger charge is -2.34. The highest BCUT2D eigenvalue weighted by Gasteiger charge is 2.25. The summed E-state index contributed by atoms with van der Waals surface area (Å²) in [7, 11) is -3.28. The molecular weight excluding hydrogens is 404 g/mol. The number of carbonyl (C=O) groups is 2. The van der Waals surface area contributed by atoms with Gasteiger partial charge in [-0.05, 0) is 24.3 Å². The number of fused-ring (bicyclic) bond motifs is 1. The Hall–Kier alpha value is -3.04. The molecule has 4 rings (SSSR count). The molecule has 0 aliphatic carbocycles. The van der Waals surface area contributed by atoms with E-state index in [-0.39, 0.29) is 23.1 Å². The fourth-order valence-corrected chi connectivity index (χ4v) is 4.21. The highest BCUT2D eigenvalue weighted by molar-refractivity contribution is 7.90. The standard InChI is InChI=1S/C21H22N4O4S/c1-30(28,29)17-6-4-16(5-7-17)19(26)15-23-11-13-25(14-12-23)21(27)18-3-2-9-24-10-8-22-20(18)24/h2-10H,11-15H2,1H3. The van der Waals surface area contributed by atoms with Crippen molar-refractivity contribution in [1.29, 1.82) is 0 Å². The molecule has 0 unspecified atom stereocenters. The number of aromatic nitrogens is 2. The van der Waals surface area contributed by atoms with Crippen molar-refractivity contribution in [1.82, 2.24) is 19.2 Å². The Labute approximate surface area is 174 Å². The summed E-state index contributed by atoms with van der Waals surface area (Å²) in [6.07, 6.45) is 6.46. The average molecular weight is 426 g/mol. The van der Waals surface area contributed by atoms with Gasteiger partial charge in [0.1, 0.15) is 5.65 Å². The molecule has 0 N–H and O–H groups in total. The van der Waals surface area contributed by atoms with E-state index in [0.717, 1.165) is 6.26 Å². The van der Waals surface area contributed by atoms with Crippen molar-refractivity contribution in [3.63, 3.8) is 0 Å². The van der Waals surface area contributed by atoms with Gasteiger partial charge in [-0.2, -0.15) is 0 Å². The Morgan fingerprint density at radius 1 is 1.00 bits per heavy atom. The number of ketones is 1. The second-order valence-electron chi connectivity index (χ2n) is 7.37. The largest absolute Gasteiger partial charge is 0.336 e. The van der Waals surface area contributed by atoms with Gasteiger partial charge in [-0.1, -0.05) is 12.1 Å². The number of piperazine rings is 1. The molecule has 1 aromatic carbocycles. The third-order valence-corrected chi connectivity index (χ3v) is 6.41. The Balaban J connectivity index is 1.36. The topological polar surface area (TPSA) is 92.1 Å². The normalized spacial score (nSPS) is 15.4. The Bertz CT molecular complexity index is 1190. The molecule has 1 aliphatic rings. The van der Waals surface area contributed by atoms with Crippen molar-refractivity contribution in [2.45, 2.75) is 4.90 Å². The van der Waals surface area contributed by atoms with Gasteiger partial charge in [-0.3, -0.25) is 14.5 Å². The Morgan fingerprint density at radius 2 is 1.70 bits per heavy atom. The number of sulfone groups is 1. The van der Waals surface area contributed by atoms with Crippen molar-refractivity contribution in [2.75, 3.05) is 39.0 Å². The fraction of sp³-hybridized carbons (Fsp3) is 0.286. The number of imidazole rings is 1. The van der Waals surface area contributed by atoms with E-state index in [4.69, 9.17) is 0 Å². The summed E-state index contributed by atoms with van der Waals surface area (Å²) in [5.74, 6) is -0.133. The number of carbonyl (C=O) groups excluding carboxylic acids is 2. The predicted molar refractivity (Wildman–Crippen MR) is 111 cm³/mol. The maximum absolute atomic E-state index is 12.9. The number of benzene rings is 1. The summed E-state index contributed by atoms with van der Waals surface area (Å²) in [6, 6.07) is 9.60. The van der Waals surface area contributed by atoms with Crippen LogP contribution in [0.1, 0.15) is 20.7 Å². The van der Waals surface area contributed by atoms with Gasteiger partial charge in [0.2, 0.25) is 0 Å². The van der Waals surface area contributed by atoms with E-state index < -0.39 is 9.84 Å². The van der Waals surface area contributed by atoms with Crippen molar-refractivity contribution in [2.24, 2.45) is 0 Å². The summed E-state index contributed by atoms with van der Waals surface area (Å²) < 4.78 is 24.9. The summed E-state index contributed by atoms with van der Waals surface area (Å²) in [6.45, 7) is 2.48. The molecule has 3 heterocycles. The number of hydrogen-bond acceptors (Lipinski definition) is 6. The van der Waals surface area contributed by atoms with Crippen molar-refractivity contribution < 1.29 is 18.0 Å². The first-order chi connectivity index (χ1) is 14.3. The molecule has 0 atom stereocenters. The second kappa shape index (κ2) is 8.00. The highest BCUT2D eigenvalue weighted by Crippen LogP contribution is 2.15. The fourth-order valence-electron chi connectivity index (χ4n) is 3.58. The number of pyridine rings is 1. The zero-order chi connectivity index (χ0) is 21.3. The first-order valence-electron chi connectivity index (χ1n) is 9.59. The van der Waals surface area contributed by atoms with Gasteiger partial charge in [0.25, 0.3) is 5.91 Å². The molecule has 2 aromatic heterocycles. The molecular formula is C21H22N4O4S. The summed E-state index contributed by atoms with van der Waals surface area (Å²) in [5, 5.41) is 0. The molecule has 30 heavy (non-hydrogen) atoms. The Kier molecular flexibility index (Phi) is 5.40. The van der Waals surface area contributed by atoms with E-state index in [9.17, 15) is 18.0 Å². The van der Waals surface area contributed by atoms with Crippen LogP contribution in [0.2, 0.25) is 0 Å². The lowest BCUT2D eigenvalue weighted by atomic mass is 10.1.